The van der Waals surface area contributed by atoms with Crippen LogP contribution in [0.4, 0.5) is 0 Å². The number of halogens is 1. The largest absolute Gasteiger partial charge is 0.348 e. The van der Waals surface area contributed by atoms with Crippen molar-refractivity contribution in [2.75, 3.05) is 26.2 Å². The predicted octanol–water partition coefficient (Wildman–Crippen LogP) is 2.22. The molecule has 2 N–H and O–H groups in total. The summed E-state index contributed by atoms with van der Waals surface area (Å²) in [5.74, 6) is 0.489. The molecule has 1 aliphatic heterocycles. The number of benzene rings is 1. The highest BCUT2D eigenvalue weighted by Crippen LogP contribution is 2.21. The molecular weight excluding hydrogens is 298 g/mol. The van der Waals surface area contributed by atoms with Crippen LogP contribution in [0.1, 0.15) is 32.4 Å². The summed E-state index contributed by atoms with van der Waals surface area (Å²) in [6.07, 6.45) is 0. The van der Waals surface area contributed by atoms with Gasteiger partial charge in [0, 0.05) is 25.7 Å². The van der Waals surface area contributed by atoms with E-state index in [-0.39, 0.29) is 24.4 Å². The highest BCUT2D eigenvalue weighted by atomic mass is 35.5. The third kappa shape index (κ3) is 5.27. The number of amides is 1. The van der Waals surface area contributed by atoms with Gasteiger partial charge in [0.2, 0.25) is 5.91 Å². The molecule has 1 heterocycles. The molecule has 4 nitrogen and oxygen atoms in total. The summed E-state index contributed by atoms with van der Waals surface area (Å²) < 4.78 is 0. The van der Waals surface area contributed by atoms with Gasteiger partial charge in [0.15, 0.2) is 0 Å². The van der Waals surface area contributed by atoms with Crippen LogP contribution in [0.3, 0.4) is 0 Å². The van der Waals surface area contributed by atoms with Crippen LogP contribution in [0.2, 0.25) is 0 Å². The number of nitrogens with one attached hydrogen (secondary N) is 2. The van der Waals surface area contributed by atoms with E-state index in [9.17, 15) is 4.79 Å². The molecule has 22 heavy (non-hydrogen) atoms. The Kier molecular flexibility index (Phi) is 7.87. The van der Waals surface area contributed by atoms with Gasteiger partial charge in [0.1, 0.15) is 0 Å². The first-order chi connectivity index (χ1) is 10.1. The van der Waals surface area contributed by atoms with Gasteiger partial charge in [0.25, 0.3) is 0 Å². The molecule has 2 atom stereocenters. The van der Waals surface area contributed by atoms with E-state index in [1.54, 1.807) is 0 Å². The van der Waals surface area contributed by atoms with Crippen molar-refractivity contribution in [2.45, 2.75) is 32.9 Å². The van der Waals surface area contributed by atoms with Gasteiger partial charge in [-0.05, 0) is 18.4 Å². The van der Waals surface area contributed by atoms with E-state index in [0.717, 1.165) is 19.6 Å². The summed E-state index contributed by atoms with van der Waals surface area (Å²) in [6, 6.07) is 10.7. The van der Waals surface area contributed by atoms with Crippen molar-refractivity contribution in [2.24, 2.45) is 5.92 Å². The molecule has 1 aromatic rings. The summed E-state index contributed by atoms with van der Waals surface area (Å²) in [4.78, 5) is 14.6. The molecule has 0 spiro atoms. The molecule has 124 valence electrons. The van der Waals surface area contributed by atoms with Gasteiger partial charge in [-0.15, -0.1) is 12.4 Å². The topological polar surface area (TPSA) is 44.4 Å². The van der Waals surface area contributed by atoms with E-state index in [4.69, 9.17) is 0 Å². The van der Waals surface area contributed by atoms with Crippen molar-refractivity contribution in [1.29, 1.82) is 0 Å². The lowest BCUT2D eigenvalue weighted by molar-refractivity contribution is -0.124. The lowest BCUT2D eigenvalue weighted by Gasteiger charge is -2.34. The number of carbonyl (C=O) groups excluding carboxylic acids is 1. The number of rotatable bonds is 5. The zero-order valence-corrected chi connectivity index (χ0v) is 14.5. The standard InChI is InChI=1S/C17H27N3O.ClH/c1-13(2)17(15-7-5-4-6-8-15)19-16(21)12-20-10-9-18-11-14(20)3;/h4-8,13-14,17-18H,9-12H2,1-3H3,(H,19,21);1H/t14-,17?;/m1./s1. The van der Waals surface area contributed by atoms with Gasteiger partial charge < -0.3 is 10.6 Å². The average molecular weight is 326 g/mol. The van der Waals surface area contributed by atoms with Gasteiger partial charge in [-0.25, -0.2) is 0 Å². The molecule has 1 unspecified atom stereocenters. The van der Waals surface area contributed by atoms with E-state index >= 15 is 0 Å². The maximum Gasteiger partial charge on any atom is 0.234 e. The molecule has 0 bridgehead atoms. The Morgan fingerprint density at radius 2 is 2.05 bits per heavy atom. The summed E-state index contributed by atoms with van der Waals surface area (Å²) in [5.41, 5.74) is 1.18. The molecule has 1 fully saturated rings. The molecule has 1 aliphatic rings. The lowest BCUT2D eigenvalue weighted by Crippen LogP contribution is -2.53. The molecule has 2 rings (SSSR count). The third-order valence-corrected chi connectivity index (χ3v) is 4.13. The van der Waals surface area contributed by atoms with Crippen LogP contribution < -0.4 is 10.6 Å². The Labute approximate surface area is 140 Å². The minimum atomic E-state index is 0. The Hall–Kier alpha value is -1.10. The summed E-state index contributed by atoms with van der Waals surface area (Å²) in [5, 5.41) is 6.55. The lowest BCUT2D eigenvalue weighted by atomic mass is 9.96. The molecule has 0 radical (unpaired) electrons. The Morgan fingerprint density at radius 3 is 2.64 bits per heavy atom. The van der Waals surface area contributed by atoms with Crippen molar-refractivity contribution < 1.29 is 4.79 Å². The Balaban J connectivity index is 0.00000242. The highest BCUT2D eigenvalue weighted by molar-refractivity contribution is 5.85. The van der Waals surface area contributed by atoms with E-state index in [0.29, 0.717) is 18.5 Å². The van der Waals surface area contributed by atoms with Crippen LogP contribution >= 0.6 is 12.4 Å². The van der Waals surface area contributed by atoms with Gasteiger partial charge in [0.05, 0.1) is 12.6 Å². The first kappa shape index (κ1) is 18.9. The van der Waals surface area contributed by atoms with Crippen molar-refractivity contribution >= 4 is 18.3 Å². The van der Waals surface area contributed by atoms with Crippen LogP contribution in [-0.4, -0.2) is 43.0 Å². The van der Waals surface area contributed by atoms with Crippen LogP contribution in [0.15, 0.2) is 30.3 Å². The zero-order valence-electron chi connectivity index (χ0n) is 13.7. The van der Waals surface area contributed by atoms with Crippen LogP contribution in [-0.2, 0) is 4.79 Å². The van der Waals surface area contributed by atoms with Crippen molar-refractivity contribution in [3.8, 4) is 0 Å². The first-order valence-corrected chi connectivity index (χ1v) is 7.87. The predicted molar refractivity (Wildman–Crippen MR) is 93.3 cm³/mol. The fraction of sp³-hybridized carbons (Fsp3) is 0.588. The summed E-state index contributed by atoms with van der Waals surface area (Å²) in [6.45, 7) is 9.79. The maximum atomic E-state index is 12.4. The van der Waals surface area contributed by atoms with Crippen LogP contribution in [0, 0.1) is 5.92 Å². The summed E-state index contributed by atoms with van der Waals surface area (Å²) >= 11 is 0. The third-order valence-electron chi connectivity index (χ3n) is 4.13. The first-order valence-electron chi connectivity index (χ1n) is 7.87. The highest BCUT2D eigenvalue weighted by Gasteiger charge is 2.23. The van der Waals surface area contributed by atoms with Crippen LogP contribution in [0.5, 0.6) is 0 Å². The smallest absolute Gasteiger partial charge is 0.234 e. The van der Waals surface area contributed by atoms with E-state index in [2.05, 4.69) is 48.4 Å². The summed E-state index contributed by atoms with van der Waals surface area (Å²) in [7, 11) is 0. The second-order valence-corrected chi connectivity index (χ2v) is 6.22. The molecule has 0 saturated carbocycles. The number of carbonyl (C=O) groups is 1. The fourth-order valence-electron chi connectivity index (χ4n) is 2.82. The number of hydrogen-bond donors (Lipinski definition) is 2. The minimum Gasteiger partial charge on any atom is -0.348 e. The molecule has 5 heteroatoms. The quantitative estimate of drug-likeness (QED) is 0.872. The van der Waals surface area contributed by atoms with E-state index in [1.807, 2.05) is 18.2 Å². The molecule has 1 saturated heterocycles. The second kappa shape index (κ2) is 9.13. The van der Waals surface area contributed by atoms with E-state index < -0.39 is 0 Å². The monoisotopic (exact) mass is 325 g/mol. The number of nitrogens with zero attached hydrogens (tertiary/aromatic N) is 1. The molecule has 1 amide bonds. The number of piperazine rings is 1. The van der Waals surface area contributed by atoms with Gasteiger partial charge in [-0.3, -0.25) is 9.69 Å². The van der Waals surface area contributed by atoms with E-state index in [1.165, 1.54) is 5.56 Å². The zero-order chi connectivity index (χ0) is 15.2. The number of hydrogen-bond acceptors (Lipinski definition) is 3. The van der Waals surface area contributed by atoms with Gasteiger partial charge in [-0.1, -0.05) is 44.2 Å². The minimum absolute atomic E-state index is 0. The average Bonchev–Trinajstić information content (AvgIpc) is 2.48. The molecule has 0 aromatic heterocycles. The fourth-order valence-corrected chi connectivity index (χ4v) is 2.82. The SMILES string of the molecule is CC(C)C(NC(=O)CN1CCNC[C@H]1C)c1ccccc1.Cl. The van der Waals surface area contributed by atoms with Crippen molar-refractivity contribution in [3.05, 3.63) is 35.9 Å². The normalized spacial score (nSPS) is 20.3. The van der Waals surface area contributed by atoms with Gasteiger partial charge in [-0.2, -0.15) is 0 Å². The molecular formula is C17H28ClN3O. The Morgan fingerprint density at radius 1 is 1.36 bits per heavy atom. The maximum absolute atomic E-state index is 12.4. The Bertz CT molecular complexity index is 452. The second-order valence-electron chi connectivity index (χ2n) is 6.22. The molecule has 1 aromatic carbocycles. The van der Waals surface area contributed by atoms with Crippen molar-refractivity contribution in [1.82, 2.24) is 15.5 Å². The van der Waals surface area contributed by atoms with Crippen molar-refractivity contribution in [3.63, 3.8) is 0 Å². The molecule has 0 aliphatic carbocycles. The van der Waals surface area contributed by atoms with Gasteiger partial charge >= 0.3 is 0 Å². The van der Waals surface area contributed by atoms with Crippen LogP contribution in [0.25, 0.3) is 0 Å².